The summed E-state index contributed by atoms with van der Waals surface area (Å²) in [4.78, 5) is 28.6. The quantitative estimate of drug-likeness (QED) is 0.136. The molecular weight excluding hydrogens is 637 g/mol. The molecule has 2 aromatic carbocycles. The standard InChI is InChI=1S/C38H62N2O6Si2/c1-13-43-38(44-14-2)25-30(34(41)39-31(28-21-17-15-18-22-28)26-45-47(9,10)36(3,4)5)33(38)35(42)40-32(29-23-19-16-20-24-29)27-46-48(11,12)37(6,7)8/h15-24,30-33H,13-14,25-27H2,1-12H3,(H,39,41)(H,40,42)/t30-,31?,32-,33-/m0/s1. The van der Waals surface area contributed by atoms with Crippen LogP contribution in [-0.2, 0) is 27.9 Å². The van der Waals surface area contributed by atoms with Crippen LogP contribution in [0.15, 0.2) is 60.7 Å². The smallest absolute Gasteiger partial charge is 0.229 e. The first-order valence-electron chi connectivity index (χ1n) is 17.5. The Bertz CT molecular complexity index is 1320. The second kappa shape index (κ2) is 16.1. The lowest BCUT2D eigenvalue weighted by Crippen LogP contribution is -2.66. The minimum absolute atomic E-state index is 0.0120. The Morgan fingerprint density at radius 1 is 0.708 bits per heavy atom. The van der Waals surface area contributed by atoms with E-state index in [1.165, 1.54) is 0 Å². The van der Waals surface area contributed by atoms with Gasteiger partial charge in [0.15, 0.2) is 22.4 Å². The number of amides is 2. The van der Waals surface area contributed by atoms with Crippen molar-refractivity contribution in [1.82, 2.24) is 10.6 Å². The molecule has 0 saturated heterocycles. The van der Waals surface area contributed by atoms with E-state index in [2.05, 4.69) is 78.4 Å². The van der Waals surface area contributed by atoms with Gasteiger partial charge in [0.1, 0.15) is 5.92 Å². The van der Waals surface area contributed by atoms with E-state index in [0.717, 1.165) is 11.1 Å². The van der Waals surface area contributed by atoms with Crippen LogP contribution in [0.2, 0.25) is 36.3 Å². The van der Waals surface area contributed by atoms with Crippen molar-refractivity contribution in [3.05, 3.63) is 71.8 Å². The zero-order valence-electron chi connectivity index (χ0n) is 31.6. The van der Waals surface area contributed by atoms with E-state index in [0.29, 0.717) is 26.4 Å². The van der Waals surface area contributed by atoms with Gasteiger partial charge < -0.3 is 29.0 Å². The van der Waals surface area contributed by atoms with Crippen molar-refractivity contribution in [2.45, 2.75) is 116 Å². The highest BCUT2D eigenvalue weighted by molar-refractivity contribution is 6.74. The van der Waals surface area contributed by atoms with Gasteiger partial charge in [-0.3, -0.25) is 9.59 Å². The molecule has 3 rings (SSSR count). The zero-order valence-corrected chi connectivity index (χ0v) is 33.6. The van der Waals surface area contributed by atoms with Crippen LogP contribution in [0.5, 0.6) is 0 Å². The molecular formula is C38H62N2O6Si2. The molecule has 2 N–H and O–H groups in total. The molecule has 0 bridgehead atoms. The first-order valence-corrected chi connectivity index (χ1v) is 23.4. The first-order chi connectivity index (χ1) is 22.3. The number of ether oxygens (including phenoxy) is 2. The highest BCUT2D eigenvalue weighted by Gasteiger charge is 2.62. The average Bonchev–Trinajstić information content (AvgIpc) is 2.99. The lowest BCUT2D eigenvalue weighted by Gasteiger charge is -2.52. The molecule has 268 valence electrons. The third-order valence-electron chi connectivity index (χ3n) is 10.6. The number of hydrogen-bond acceptors (Lipinski definition) is 6. The molecule has 1 aliphatic rings. The largest absolute Gasteiger partial charge is 0.414 e. The van der Waals surface area contributed by atoms with Crippen molar-refractivity contribution in [1.29, 1.82) is 0 Å². The van der Waals surface area contributed by atoms with E-state index in [4.69, 9.17) is 18.3 Å². The van der Waals surface area contributed by atoms with E-state index >= 15 is 0 Å². The van der Waals surface area contributed by atoms with Gasteiger partial charge in [0.05, 0.1) is 31.2 Å². The van der Waals surface area contributed by atoms with E-state index in [-0.39, 0.29) is 34.4 Å². The van der Waals surface area contributed by atoms with Crippen molar-refractivity contribution >= 4 is 28.4 Å². The number of nitrogens with one attached hydrogen (secondary N) is 2. The molecule has 1 unspecified atom stereocenters. The number of benzene rings is 2. The molecule has 10 heteroatoms. The highest BCUT2D eigenvalue weighted by Crippen LogP contribution is 2.49. The molecule has 0 spiro atoms. The van der Waals surface area contributed by atoms with E-state index < -0.39 is 40.3 Å². The van der Waals surface area contributed by atoms with Gasteiger partial charge in [-0.25, -0.2) is 0 Å². The fourth-order valence-corrected chi connectivity index (χ4v) is 7.55. The SMILES string of the molecule is CCOC1(OCC)C[C@H](C(=O)NC(CO[Si](C)(C)C(C)(C)C)c2ccccc2)[C@H]1C(=O)N[C@@H](CO[Si](C)(C)C(C)(C)C)c1ccccc1. The van der Waals surface area contributed by atoms with E-state index in [9.17, 15) is 9.59 Å². The summed E-state index contributed by atoms with van der Waals surface area (Å²) in [6.45, 7) is 27.2. The Labute approximate surface area is 292 Å². The van der Waals surface area contributed by atoms with Gasteiger partial charge in [0, 0.05) is 19.6 Å². The van der Waals surface area contributed by atoms with Crippen LogP contribution < -0.4 is 10.6 Å². The zero-order chi connectivity index (χ0) is 36.0. The molecule has 1 saturated carbocycles. The van der Waals surface area contributed by atoms with E-state index in [1.54, 1.807) is 0 Å². The molecule has 2 amide bonds. The van der Waals surface area contributed by atoms with Crippen molar-refractivity contribution in [2.75, 3.05) is 26.4 Å². The summed E-state index contributed by atoms with van der Waals surface area (Å²) in [6.07, 6.45) is 0.277. The summed E-state index contributed by atoms with van der Waals surface area (Å²) in [5, 5.41) is 6.56. The van der Waals surface area contributed by atoms with Gasteiger partial charge in [0.25, 0.3) is 0 Å². The van der Waals surface area contributed by atoms with Crippen LogP contribution in [0.3, 0.4) is 0 Å². The lowest BCUT2D eigenvalue weighted by molar-refractivity contribution is -0.315. The van der Waals surface area contributed by atoms with Gasteiger partial charge in [-0.1, -0.05) is 102 Å². The first kappa shape index (κ1) is 40.1. The van der Waals surface area contributed by atoms with Gasteiger partial charge in [-0.15, -0.1) is 0 Å². The third kappa shape index (κ3) is 9.66. The second-order valence-corrected chi connectivity index (χ2v) is 25.7. The lowest BCUT2D eigenvalue weighted by atomic mass is 9.66. The molecule has 4 atom stereocenters. The summed E-state index contributed by atoms with van der Waals surface area (Å²) >= 11 is 0. The predicted octanol–water partition coefficient (Wildman–Crippen LogP) is 8.15. The van der Waals surface area contributed by atoms with Crippen molar-refractivity contribution in [3.63, 3.8) is 0 Å². The average molecular weight is 699 g/mol. The minimum atomic E-state index is -2.12. The Kier molecular flexibility index (Phi) is 13.5. The monoisotopic (exact) mass is 698 g/mol. The minimum Gasteiger partial charge on any atom is -0.414 e. The van der Waals surface area contributed by atoms with Crippen LogP contribution in [-0.4, -0.2) is 60.7 Å². The maximum absolute atomic E-state index is 14.4. The Morgan fingerprint density at radius 2 is 1.08 bits per heavy atom. The predicted molar refractivity (Wildman–Crippen MR) is 199 cm³/mol. The topological polar surface area (TPSA) is 95.1 Å². The van der Waals surface area contributed by atoms with Gasteiger partial charge in [-0.05, 0) is 61.2 Å². The van der Waals surface area contributed by atoms with Crippen LogP contribution >= 0.6 is 0 Å². The van der Waals surface area contributed by atoms with Crippen LogP contribution in [0, 0.1) is 11.8 Å². The van der Waals surface area contributed by atoms with Crippen molar-refractivity contribution < 1.29 is 27.9 Å². The molecule has 0 radical (unpaired) electrons. The molecule has 48 heavy (non-hydrogen) atoms. The molecule has 1 fully saturated rings. The van der Waals surface area contributed by atoms with Crippen LogP contribution in [0.4, 0.5) is 0 Å². The second-order valence-electron chi connectivity index (χ2n) is 16.1. The summed E-state index contributed by atoms with van der Waals surface area (Å²) < 4.78 is 25.6. The fourth-order valence-electron chi connectivity index (χ4n) is 5.52. The van der Waals surface area contributed by atoms with Crippen LogP contribution in [0.1, 0.15) is 85.0 Å². The van der Waals surface area contributed by atoms with Gasteiger partial charge in [0.2, 0.25) is 11.8 Å². The number of carbonyl (C=O) groups is 2. The number of hydrogen-bond donors (Lipinski definition) is 2. The Hall–Kier alpha value is -2.35. The molecule has 1 aliphatic carbocycles. The van der Waals surface area contributed by atoms with Crippen LogP contribution in [0.25, 0.3) is 0 Å². The van der Waals surface area contributed by atoms with Crippen molar-refractivity contribution in [3.8, 4) is 0 Å². The van der Waals surface area contributed by atoms with Gasteiger partial charge >= 0.3 is 0 Å². The Balaban J connectivity index is 1.91. The third-order valence-corrected chi connectivity index (χ3v) is 19.6. The number of rotatable bonds is 16. The van der Waals surface area contributed by atoms with E-state index in [1.807, 2.05) is 74.5 Å². The molecule has 0 heterocycles. The highest BCUT2D eigenvalue weighted by atomic mass is 28.4. The summed E-state index contributed by atoms with van der Waals surface area (Å²) in [5.41, 5.74) is 1.90. The normalized spacial score (nSPS) is 19.6. The number of carbonyl (C=O) groups excluding carboxylic acids is 2. The maximum Gasteiger partial charge on any atom is 0.229 e. The maximum atomic E-state index is 14.4. The van der Waals surface area contributed by atoms with Crippen molar-refractivity contribution in [2.24, 2.45) is 11.8 Å². The molecule has 2 aromatic rings. The molecule has 0 aromatic heterocycles. The molecule has 0 aliphatic heterocycles. The van der Waals surface area contributed by atoms with Gasteiger partial charge in [-0.2, -0.15) is 0 Å². The fraction of sp³-hybridized carbons (Fsp3) is 0.632. The Morgan fingerprint density at radius 3 is 1.44 bits per heavy atom. The molecule has 8 nitrogen and oxygen atoms in total. The summed E-state index contributed by atoms with van der Waals surface area (Å²) in [6, 6.07) is 19.0. The summed E-state index contributed by atoms with van der Waals surface area (Å²) in [5.74, 6) is -3.21. The summed E-state index contributed by atoms with van der Waals surface area (Å²) in [7, 11) is -4.21.